The first kappa shape index (κ1) is 83.6. The number of hydrogen-bond acceptors (Lipinski definition) is 24. The number of aliphatic hydroxyl groups is 2. The number of pyridine rings is 1. The number of amides is 11. The predicted octanol–water partition coefficient (Wildman–Crippen LogP) is -3.27. The maximum absolute atomic E-state index is 14.9. The molecule has 2 heterocycles. The minimum absolute atomic E-state index is 0.0137. The molecule has 0 bridgehead atoms. The van der Waals surface area contributed by atoms with Crippen molar-refractivity contribution in [1.29, 1.82) is 0 Å². The Hall–Kier alpha value is -6.77. The summed E-state index contributed by atoms with van der Waals surface area (Å²) in [5.74, 6) is -9.43. The molecule has 1 saturated heterocycles. The lowest BCUT2D eigenvalue weighted by molar-refractivity contribution is -0.136. The number of carbonyl (C=O) groups excluding carboxylic acids is 11. The number of rotatable bonds is 34. The second kappa shape index (κ2) is 45.8. The first-order valence-electron chi connectivity index (χ1n) is 32.3. The van der Waals surface area contributed by atoms with Gasteiger partial charge in [-0.25, -0.2) is 0 Å². The highest BCUT2D eigenvalue weighted by Gasteiger charge is 2.38. The molecule has 2 aromatic carbocycles. The van der Waals surface area contributed by atoms with E-state index in [4.69, 9.17) is 0 Å². The second-order valence-corrected chi connectivity index (χ2v) is 25.1. The molecule has 12 atom stereocenters. The first-order valence-corrected chi connectivity index (χ1v) is 35.4. The molecule has 1 aliphatic rings. The highest BCUT2D eigenvalue weighted by atomic mass is 32.1. The average molecular weight is 1460 g/mol. The quantitative estimate of drug-likeness (QED) is 0.0158. The number of aromatic nitrogens is 1. The van der Waals surface area contributed by atoms with Gasteiger partial charge < -0.3 is 95.3 Å². The molecule has 1 aromatic heterocycles. The van der Waals surface area contributed by atoms with Gasteiger partial charge in [0.1, 0.15) is 60.4 Å². The van der Waals surface area contributed by atoms with Crippen LogP contribution in [0.5, 0.6) is 0 Å². The largest absolute Gasteiger partial charge is 0.391 e. The molecule has 11 amide bonds. The number of nitrogens with one attached hydrogen (secondary N) is 16. The van der Waals surface area contributed by atoms with Crippen LogP contribution in [-0.2, 0) is 54.4 Å². The highest BCUT2D eigenvalue weighted by Crippen LogP contribution is 2.18. The van der Waals surface area contributed by atoms with Crippen LogP contribution in [0, 0.1) is 5.92 Å². The maximum atomic E-state index is 14.9. The number of aliphatic hydroxyl groups excluding tert-OH is 2. The Morgan fingerprint density at radius 2 is 1.04 bits per heavy atom. The van der Waals surface area contributed by atoms with E-state index < -0.39 is 151 Å². The lowest BCUT2D eigenvalue weighted by atomic mass is 10.00. The summed E-state index contributed by atoms with van der Waals surface area (Å²) < 4.78 is 0. The zero-order chi connectivity index (χ0) is 72.1. The predicted molar refractivity (Wildman–Crippen MR) is 387 cm³/mol. The summed E-state index contributed by atoms with van der Waals surface area (Å²) in [6, 6.07) is 5.70. The van der Waals surface area contributed by atoms with Crippen LogP contribution < -0.4 is 85.1 Å². The van der Waals surface area contributed by atoms with E-state index in [1.54, 1.807) is 36.4 Å². The standard InChI is InChI=1S/C63H97N17O13S5/c1-36(2)27-48-59(89)74-42(16-21-64-31-94)54(84)73-45(19-24-67-34-97)58(88)79-51(37(3)81)62(92)70-26-20-46(55(85)72-43(17-22-65-32-95)56(86)77-49(60(90)76-48)28-39-11-7-5-8-12-39)75-61(91)50(30-68-35-98)78-63(93)52(38(4)82)80-57(87)44(18-23-66-33-96)71-53(83)41-15-25-69-47(29-41)40-13-9-6-10-14-40/h5-15,25,29,36-38,42-46,48-52,64-68,81-82,94-98H,16-24,26-28,30-35H2,1-4H3,(H,70,92)(H,71,83)(H,72,85)(H,73,84)(H,74,89)(H,75,91)(H,76,90)(H,77,86)(H,78,93)(H,79,88)(H,80,87)/t37-,38-,42+,43+,44+,45+,46+,48+,49-,50-,51+,52+/m1/s1. The molecule has 0 unspecified atom stereocenters. The topological polar surface area (TPSA) is 434 Å². The van der Waals surface area contributed by atoms with Crippen LogP contribution in [0.4, 0.5) is 0 Å². The molecule has 0 radical (unpaired) electrons. The van der Waals surface area contributed by atoms with Gasteiger partial charge >= 0.3 is 0 Å². The Balaban J connectivity index is 1.78. The van der Waals surface area contributed by atoms with E-state index in [1.165, 1.54) is 26.1 Å². The van der Waals surface area contributed by atoms with Crippen LogP contribution in [0.2, 0.25) is 0 Å². The van der Waals surface area contributed by atoms with Crippen molar-refractivity contribution in [3.05, 3.63) is 90.1 Å². The van der Waals surface area contributed by atoms with Gasteiger partial charge in [0.25, 0.3) is 5.91 Å². The van der Waals surface area contributed by atoms with Crippen molar-refractivity contribution < 1.29 is 63.0 Å². The molecule has 0 saturated carbocycles. The van der Waals surface area contributed by atoms with Crippen LogP contribution in [0.25, 0.3) is 11.3 Å². The summed E-state index contributed by atoms with van der Waals surface area (Å²) >= 11 is 21.0. The molecule has 35 heteroatoms. The normalized spacial score (nSPS) is 21.0. The van der Waals surface area contributed by atoms with Gasteiger partial charge in [-0.1, -0.05) is 74.5 Å². The summed E-state index contributed by atoms with van der Waals surface area (Å²) in [7, 11) is 0. The number of nitrogens with zero attached hydrogens (tertiary/aromatic N) is 1. The lowest BCUT2D eigenvalue weighted by Crippen LogP contribution is -2.63. The van der Waals surface area contributed by atoms with Crippen molar-refractivity contribution in [1.82, 2.24) is 90.1 Å². The first-order chi connectivity index (χ1) is 46.9. The van der Waals surface area contributed by atoms with Crippen molar-refractivity contribution in [3.8, 4) is 11.3 Å². The third-order valence-corrected chi connectivity index (χ3v) is 16.5. The van der Waals surface area contributed by atoms with Gasteiger partial charge in [0.2, 0.25) is 59.1 Å². The maximum Gasteiger partial charge on any atom is 0.252 e. The van der Waals surface area contributed by atoms with Crippen molar-refractivity contribution in [3.63, 3.8) is 0 Å². The molecule has 4 rings (SSSR count). The van der Waals surface area contributed by atoms with Gasteiger partial charge in [-0.15, -0.1) is 0 Å². The average Bonchev–Trinajstić information content (AvgIpc) is 0.903. The van der Waals surface area contributed by atoms with Crippen LogP contribution >= 0.6 is 63.1 Å². The number of benzene rings is 2. The van der Waals surface area contributed by atoms with Crippen LogP contribution in [0.3, 0.4) is 0 Å². The molecule has 1 fully saturated rings. The van der Waals surface area contributed by atoms with E-state index >= 15 is 0 Å². The molecular formula is C63H97N17O13S5. The van der Waals surface area contributed by atoms with E-state index in [1.807, 2.05) is 44.2 Å². The van der Waals surface area contributed by atoms with Crippen LogP contribution in [-0.4, -0.2) is 221 Å². The lowest BCUT2D eigenvalue weighted by Gasteiger charge is -2.29. The Bertz CT molecular complexity index is 3040. The van der Waals surface area contributed by atoms with Crippen molar-refractivity contribution in [2.75, 3.05) is 68.7 Å². The molecule has 3 aromatic rings. The van der Waals surface area contributed by atoms with Crippen molar-refractivity contribution >= 4 is 128 Å². The molecular weight excluding hydrogens is 1360 g/mol. The summed E-state index contributed by atoms with van der Waals surface area (Å²) in [5.41, 5.74) is 1.98. The third-order valence-electron chi connectivity index (χ3n) is 15.3. The van der Waals surface area contributed by atoms with Crippen LogP contribution in [0.1, 0.15) is 82.1 Å². The molecule has 542 valence electrons. The summed E-state index contributed by atoms with van der Waals surface area (Å²) in [4.78, 5) is 163. The van der Waals surface area contributed by atoms with Crippen molar-refractivity contribution in [2.24, 2.45) is 5.92 Å². The van der Waals surface area contributed by atoms with Crippen molar-refractivity contribution in [2.45, 2.75) is 145 Å². The molecule has 0 aliphatic carbocycles. The molecule has 18 N–H and O–H groups in total. The van der Waals surface area contributed by atoms with E-state index in [0.717, 1.165) is 5.56 Å². The van der Waals surface area contributed by atoms with E-state index in [0.29, 0.717) is 11.3 Å². The third kappa shape index (κ3) is 29.6. The fraction of sp³-hybridized carbons (Fsp3) is 0.556. The fourth-order valence-electron chi connectivity index (χ4n) is 10.1. The Kier molecular flexibility index (Phi) is 39.1. The highest BCUT2D eigenvalue weighted by molar-refractivity contribution is 7.80. The SMILES string of the molecule is CC(C)C[C@@H]1NC(=O)[C@@H](Cc2ccccc2)NC(=O)[C@H](CCNCS)NC(=O)[C@@H](NC(=O)[C@@H](CNCS)NC(=O)[C@@H](NC(=O)[C@H](CCNCS)NC(=O)c2ccnc(-c3ccccc3)c2)[C@@H](C)O)CCNC(=O)[C@H]([C@@H](C)O)NC(=O)[C@H](CCNCS)NC(=O)[C@H](CCNCS)NC1=O. The zero-order valence-corrected chi connectivity index (χ0v) is 59.8. The minimum atomic E-state index is -1.77. The zero-order valence-electron chi connectivity index (χ0n) is 55.3. The number of thiol groups is 5. The second-order valence-electron chi connectivity index (χ2n) is 23.5. The summed E-state index contributed by atoms with van der Waals surface area (Å²) in [6.45, 7) is 5.70. The molecule has 30 nitrogen and oxygen atoms in total. The van der Waals surface area contributed by atoms with Gasteiger partial charge in [0, 0.05) is 66.2 Å². The molecule has 98 heavy (non-hydrogen) atoms. The summed E-state index contributed by atoms with van der Waals surface area (Å²) in [6.07, 6.45) is -2.58. The van der Waals surface area contributed by atoms with Gasteiger partial charge in [-0.05, 0) is 102 Å². The smallest absolute Gasteiger partial charge is 0.252 e. The molecule has 0 spiro atoms. The Morgan fingerprint density at radius 3 is 1.58 bits per heavy atom. The van der Waals surface area contributed by atoms with Gasteiger partial charge in [-0.3, -0.25) is 57.7 Å². The van der Waals surface area contributed by atoms with E-state index in [-0.39, 0.29) is 112 Å². The molecule has 1 aliphatic heterocycles. The fourth-order valence-corrected chi connectivity index (χ4v) is 10.8. The summed E-state index contributed by atoms with van der Waals surface area (Å²) in [5, 5.41) is 65.9. The van der Waals surface area contributed by atoms with Gasteiger partial charge in [0.05, 0.1) is 17.9 Å². The minimum Gasteiger partial charge on any atom is -0.391 e. The monoisotopic (exact) mass is 1460 g/mol. The van der Waals surface area contributed by atoms with E-state index in [2.05, 4.69) is 153 Å². The van der Waals surface area contributed by atoms with E-state index in [9.17, 15) is 63.0 Å². The Labute approximate surface area is 598 Å². The number of carbonyl (C=O) groups is 11. The number of hydrogen-bond donors (Lipinski definition) is 23. The van der Waals surface area contributed by atoms with Gasteiger partial charge in [-0.2, -0.15) is 63.1 Å². The Morgan fingerprint density at radius 1 is 0.541 bits per heavy atom. The van der Waals surface area contributed by atoms with Crippen LogP contribution in [0.15, 0.2) is 79.0 Å². The van der Waals surface area contributed by atoms with Gasteiger partial charge in [0.15, 0.2) is 0 Å².